The number of ether oxygens (including phenoxy) is 1. The van der Waals surface area contributed by atoms with Gasteiger partial charge in [0.05, 0.1) is 12.2 Å². The maximum atomic E-state index is 12.7. The lowest BCUT2D eigenvalue weighted by molar-refractivity contribution is 0.0707. The molecule has 1 amide bonds. The first-order valence-electron chi connectivity index (χ1n) is 6.84. The van der Waals surface area contributed by atoms with Gasteiger partial charge in [-0.1, -0.05) is 29.8 Å². The number of nitrogens with zero attached hydrogens (tertiary/aromatic N) is 1. The van der Waals surface area contributed by atoms with Crippen molar-refractivity contribution in [3.8, 4) is 0 Å². The highest BCUT2D eigenvalue weighted by molar-refractivity contribution is 5.96. The molecule has 3 nitrogen and oxygen atoms in total. The minimum Gasteiger partial charge on any atom is -0.490 e. The Balaban J connectivity index is 1.97. The fraction of sp³-hybridized carbons (Fsp3) is 0.235. The minimum absolute atomic E-state index is 0.0319. The highest BCUT2D eigenvalue weighted by Crippen LogP contribution is 2.24. The predicted molar refractivity (Wildman–Crippen MR) is 78.1 cm³/mol. The summed E-state index contributed by atoms with van der Waals surface area (Å²) in [6.45, 7) is 3.12. The first-order valence-corrected chi connectivity index (χ1v) is 6.84. The molecule has 1 aromatic rings. The molecule has 0 fully saturated rings. The van der Waals surface area contributed by atoms with E-state index in [1.807, 2.05) is 55.5 Å². The van der Waals surface area contributed by atoms with Gasteiger partial charge in [0.25, 0.3) is 5.91 Å². The number of hydrogen-bond acceptors (Lipinski definition) is 2. The molecule has 3 heteroatoms. The molecule has 3 rings (SSSR count). The van der Waals surface area contributed by atoms with Gasteiger partial charge in [-0.3, -0.25) is 4.79 Å². The summed E-state index contributed by atoms with van der Waals surface area (Å²) < 4.78 is 5.65. The van der Waals surface area contributed by atoms with E-state index in [-0.39, 0.29) is 5.91 Å². The van der Waals surface area contributed by atoms with Gasteiger partial charge in [-0.2, -0.15) is 0 Å². The largest absolute Gasteiger partial charge is 0.490 e. The van der Waals surface area contributed by atoms with Crippen LogP contribution < -0.4 is 0 Å². The van der Waals surface area contributed by atoms with Gasteiger partial charge in [0, 0.05) is 5.56 Å². The third-order valence-corrected chi connectivity index (χ3v) is 3.44. The number of allylic oxidation sites excluding steroid dienone is 4. The molecule has 0 aromatic heterocycles. The van der Waals surface area contributed by atoms with Gasteiger partial charge < -0.3 is 9.64 Å². The number of rotatable bonds is 1. The second kappa shape index (κ2) is 5.37. The van der Waals surface area contributed by atoms with Crippen LogP contribution in [0.25, 0.3) is 0 Å². The smallest absolute Gasteiger partial charge is 0.258 e. The molecule has 0 N–H and O–H groups in total. The highest BCUT2D eigenvalue weighted by atomic mass is 16.5. The Morgan fingerprint density at radius 2 is 2.10 bits per heavy atom. The highest BCUT2D eigenvalue weighted by Gasteiger charge is 2.25. The predicted octanol–water partition coefficient (Wildman–Crippen LogP) is 3.20. The summed E-state index contributed by atoms with van der Waals surface area (Å²) in [5.41, 5.74) is 2.67. The van der Waals surface area contributed by atoms with Crippen LogP contribution in [0.5, 0.6) is 0 Å². The first-order chi connectivity index (χ1) is 9.75. The Morgan fingerprint density at radius 3 is 2.95 bits per heavy atom. The molecule has 2 aliphatic rings. The summed E-state index contributed by atoms with van der Waals surface area (Å²) in [6.07, 6.45) is 8.87. The maximum absolute atomic E-state index is 12.7. The van der Waals surface area contributed by atoms with E-state index in [1.54, 1.807) is 4.90 Å². The van der Waals surface area contributed by atoms with Crippen molar-refractivity contribution in [1.29, 1.82) is 0 Å². The molecule has 1 aliphatic carbocycles. The van der Waals surface area contributed by atoms with Crippen LogP contribution >= 0.6 is 0 Å². The number of carbonyl (C=O) groups is 1. The third-order valence-electron chi connectivity index (χ3n) is 3.44. The summed E-state index contributed by atoms with van der Waals surface area (Å²) in [6, 6.07) is 7.70. The third kappa shape index (κ3) is 2.39. The maximum Gasteiger partial charge on any atom is 0.258 e. The Morgan fingerprint density at radius 1 is 1.25 bits per heavy atom. The SMILES string of the molecule is Cc1cccc(C(=O)N2CCOC3=C2C=CCC=C3)c1. The lowest BCUT2D eigenvalue weighted by Gasteiger charge is -2.29. The van der Waals surface area contributed by atoms with Crippen molar-refractivity contribution in [2.24, 2.45) is 0 Å². The van der Waals surface area contributed by atoms with Crippen LogP contribution in [-0.2, 0) is 4.74 Å². The minimum atomic E-state index is 0.0319. The fourth-order valence-corrected chi connectivity index (χ4v) is 2.46. The van der Waals surface area contributed by atoms with Gasteiger partial charge in [-0.15, -0.1) is 0 Å². The van der Waals surface area contributed by atoms with Gasteiger partial charge in [-0.25, -0.2) is 0 Å². The second-order valence-corrected chi connectivity index (χ2v) is 4.96. The Labute approximate surface area is 118 Å². The van der Waals surface area contributed by atoms with Crippen molar-refractivity contribution in [1.82, 2.24) is 4.90 Å². The van der Waals surface area contributed by atoms with E-state index in [1.165, 1.54) is 0 Å². The molecular weight excluding hydrogens is 250 g/mol. The number of hydrogen-bond donors (Lipinski definition) is 0. The average Bonchev–Trinajstić information content (AvgIpc) is 2.71. The van der Waals surface area contributed by atoms with Gasteiger partial charge in [0.15, 0.2) is 0 Å². The number of aryl methyl sites for hydroxylation is 1. The van der Waals surface area contributed by atoms with Crippen LogP contribution in [0.1, 0.15) is 22.3 Å². The van der Waals surface area contributed by atoms with Gasteiger partial charge in [0.2, 0.25) is 0 Å². The number of carbonyl (C=O) groups excluding carboxylic acids is 1. The van der Waals surface area contributed by atoms with Crippen molar-refractivity contribution < 1.29 is 9.53 Å². The second-order valence-electron chi connectivity index (χ2n) is 4.96. The molecule has 1 aliphatic heterocycles. The molecule has 0 spiro atoms. The lowest BCUT2D eigenvalue weighted by atomic mass is 10.1. The van der Waals surface area contributed by atoms with Crippen LogP contribution in [0.15, 0.2) is 60.0 Å². The Bertz CT molecular complexity index is 626. The zero-order valence-corrected chi connectivity index (χ0v) is 11.5. The van der Waals surface area contributed by atoms with E-state index < -0.39 is 0 Å². The molecular formula is C17H17NO2. The zero-order chi connectivity index (χ0) is 13.9. The fourth-order valence-electron chi connectivity index (χ4n) is 2.46. The van der Waals surface area contributed by atoms with Crippen molar-refractivity contribution in [3.05, 3.63) is 71.2 Å². The van der Waals surface area contributed by atoms with E-state index >= 15 is 0 Å². The molecule has 1 heterocycles. The normalized spacial score (nSPS) is 17.6. The average molecular weight is 267 g/mol. The molecule has 1 aromatic carbocycles. The molecule has 0 bridgehead atoms. The van der Waals surface area contributed by atoms with Crippen molar-refractivity contribution in [3.63, 3.8) is 0 Å². The summed E-state index contributed by atoms with van der Waals surface area (Å²) in [7, 11) is 0. The van der Waals surface area contributed by atoms with Crippen LogP contribution in [0.3, 0.4) is 0 Å². The molecule has 0 radical (unpaired) electrons. The van der Waals surface area contributed by atoms with E-state index in [9.17, 15) is 4.79 Å². The van der Waals surface area contributed by atoms with E-state index in [2.05, 4.69) is 0 Å². The Kier molecular flexibility index (Phi) is 3.42. The van der Waals surface area contributed by atoms with E-state index in [4.69, 9.17) is 4.74 Å². The number of benzene rings is 1. The monoisotopic (exact) mass is 267 g/mol. The van der Waals surface area contributed by atoms with Gasteiger partial charge >= 0.3 is 0 Å². The van der Waals surface area contributed by atoms with Gasteiger partial charge in [-0.05, 0) is 37.6 Å². The quantitative estimate of drug-likeness (QED) is 0.782. The summed E-state index contributed by atoms with van der Waals surface area (Å²) >= 11 is 0. The molecule has 0 saturated heterocycles. The van der Waals surface area contributed by atoms with Crippen molar-refractivity contribution >= 4 is 5.91 Å². The standard InChI is InChI=1S/C17H17NO2/c1-13-6-5-7-14(12-13)17(19)18-10-11-20-16-9-4-2-3-8-15(16)18/h3-9,12H,2,10-11H2,1H3. The molecule has 0 unspecified atom stereocenters. The topological polar surface area (TPSA) is 29.5 Å². The molecule has 0 atom stereocenters. The van der Waals surface area contributed by atoms with Crippen LogP contribution in [0.2, 0.25) is 0 Å². The summed E-state index contributed by atoms with van der Waals surface area (Å²) in [4.78, 5) is 14.5. The molecule has 20 heavy (non-hydrogen) atoms. The summed E-state index contributed by atoms with van der Waals surface area (Å²) in [5, 5.41) is 0. The lowest BCUT2D eigenvalue weighted by Crippen LogP contribution is -2.36. The molecule has 102 valence electrons. The van der Waals surface area contributed by atoms with Crippen molar-refractivity contribution in [2.45, 2.75) is 13.3 Å². The van der Waals surface area contributed by atoms with Crippen molar-refractivity contribution in [2.75, 3.05) is 13.2 Å². The summed E-state index contributed by atoms with van der Waals surface area (Å²) in [5.74, 6) is 0.815. The van der Waals surface area contributed by atoms with Crippen LogP contribution in [0, 0.1) is 6.92 Å². The molecule has 0 saturated carbocycles. The first kappa shape index (κ1) is 12.7. The van der Waals surface area contributed by atoms with E-state index in [0.717, 1.165) is 29.0 Å². The van der Waals surface area contributed by atoms with E-state index in [0.29, 0.717) is 13.2 Å². The van der Waals surface area contributed by atoms with Crippen LogP contribution in [-0.4, -0.2) is 24.0 Å². The Hall–Kier alpha value is -2.29. The number of amides is 1. The van der Waals surface area contributed by atoms with Gasteiger partial charge in [0.1, 0.15) is 12.4 Å². The zero-order valence-electron chi connectivity index (χ0n) is 11.5. The van der Waals surface area contributed by atoms with Crippen LogP contribution in [0.4, 0.5) is 0 Å².